The van der Waals surface area contributed by atoms with Crippen molar-refractivity contribution in [3.63, 3.8) is 0 Å². The van der Waals surface area contributed by atoms with Gasteiger partial charge in [-0.1, -0.05) is 30.4 Å². The van der Waals surface area contributed by atoms with E-state index in [1.165, 1.54) is 6.08 Å². The van der Waals surface area contributed by atoms with Crippen LogP contribution in [0.5, 0.6) is 0 Å². The summed E-state index contributed by atoms with van der Waals surface area (Å²) in [4.78, 5) is 14.3. The Labute approximate surface area is 166 Å². The Kier molecular flexibility index (Phi) is 7.05. The molecule has 0 bridgehead atoms. The summed E-state index contributed by atoms with van der Waals surface area (Å²) >= 11 is 0. The Hall–Kier alpha value is -2.57. The van der Waals surface area contributed by atoms with Crippen LogP contribution >= 0.6 is 0 Å². The van der Waals surface area contributed by atoms with Crippen molar-refractivity contribution >= 4 is 17.0 Å². The quantitative estimate of drug-likeness (QED) is 0.684. The van der Waals surface area contributed by atoms with E-state index in [1.54, 1.807) is 18.1 Å². The number of amides is 1. The number of benzene rings is 1. The van der Waals surface area contributed by atoms with Crippen molar-refractivity contribution in [2.45, 2.75) is 45.8 Å². The number of carbonyl (C=O) groups is 1. The van der Waals surface area contributed by atoms with E-state index in [1.807, 2.05) is 49.6 Å². The standard InChI is InChI=1S/C22H30N2O4/c1-7-13-23(21(26)28-22(3,4)5)14-17-16-11-9-10-12-18(16)24(15-27-6)20(17)19(25)8-2/h7-12,19,25H,1-2,13-15H2,3-6H3. The van der Waals surface area contributed by atoms with Gasteiger partial charge in [0.2, 0.25) is 0 Å². The minimum Gasteiger partial charge on any atom is -0.444 e. The monoisotopic (exact) mass is 386 g/mol. The van der Waals surface area contributed by atoms with Gasteiger partial charge in [-0.25, -0.2) is 4.79 Å². The average Bonchev–Trinajstić information content (AvgIpc) is 2.93. The van der Waals surface area contributed by atoms with Crippen LogP contribution in [0.4, 0.5) is 4.79 Å². The predicted octanol–water partition coefficient (Wildman–Crippen LogP) is 4.39. The number of aliphatic hydroxyl groups is 1. The summed E-state index contributed by atoms with van der Waals surface area (Å²) in [5.41, 5.74) is 1.78. The lowest BCUT2D eigenvalue weighted by atomic mass is 10.1. The number of para-hydroxylation sites is 1. The van der Waals surface area contributed by atoms with E-state index in [0.29, 0.717) is 12.2 Å². The van der Waals surface area contributed by atoms with Crippen LogP contribution in [-0.2, 0) is 22.7 Å². The molecule has 1 amide bonds. The zero-order valence-corrected chi connectivity index (χ0v) is 17.1. The first-order valence-electron chi connectivity index (χ1n) is 9.21. The highest BCUT2D eigenvalue weighted by Gasteiger charge is 2.26. The zero-order chi connectivity index (χ0) is 20.9. The van der Waals surface area contributed by atoms with Crippen molar-refractivity contribution in [2.24, 2.45) is 0 Å². The van der Waals surface area contributed by atoms with Gasteiger partial charge in [0, 0.05) is 24.6 Å². The molecule has 0 saturated heterocycles. The molecule has 1 heterocycles. The fourth-order valence-electron chi connectivity index (χ4n) is 3.16. The minimum absolute atomic E-state index is 0.262. The Morgan fingerprint density at radius 1 is 1.32 bits per heavy atom. The Morgan fingerprint density at radius 2 is 2.00 bits per heavy atom. The van der Waals surface area contributed by atoms with Gasteiger partial charge in [0.15, 0.2) is 0 Å². The second-order valence-electron chi connectivity index (χ2n) is 7.56. The topological polar surface area (TPSA) is 63.9 Å². The molecule has 1 unspecified atom stereocenters. The molecule has 28 heavy (non-hydrogen) atoms. The van der Waals surface area contributed by atoms with Crippen LogP contribution in [0.1, 0.15) is 38.1 Å². The smallest absolute Gasteiger partial charge is 0.410 e. The van der Waals surface area contributed by atoms with E-state index < -0.39 is 17.8 Å². The molecule has 0 radical (unpaired) electrons. The summed E-state index contributed by atoms with van der Waals surface area (Å²) < 4.78 is 12.8. The zero-order valence-electron chi connectivity index (χ0n) is 17.1. The van der Waals surface area contributed by atoms with E-state index in [-0.39, 0.29) is 13.3 Å². The molecule has 6 nitrogen and oxygen atoms in total. The number of hydrogen-bond donors (Lipinski definition) is 1. The molecule has 1 aromatic heterocycles. The van der Waals surface area contributed by atoms with Gasteiger partial charge in [0.05, 0.1) is 17.8 Å². The van der Waals surface area contributed by atoms with Crippen molar-refractivity contribution in [2.75, 3.05) is 13.7 Å². The normalized spacial score (nSPS) is 12.6. The highest BCUT2D eigenvalue weighted by molar-refractivity contribution is 5.86. The van der Waals surface area contributed by atoms with Gasteiger partial charge in [-0.3, -0.25) is 0 Å². The summed E-state index contributed by atoms with van der Waals surface area (Å²) in [6, 6.07) is 7.79. The molecule has 1 N–H and O–H groups in total. The number of methoxy groups -OCH3 is 1. The lowest BCUT2D eigenvalue weighted by Gasteiger charge is -2.27. The predicted molar refractivity (Wildman–Crippen MR) is 111 cm³/mol. The van der Waals surface area contributed by atoms with Crippen molar-refractivity contribution in [1.82, 2.24) is 9.47 Å². The van der Waals surface area contributed by atoms with Gasteiger partial charge >= 0.3 is 6.09 Å². The highest BCUT2D eigenvalue weighted by atomic mass is 16.6. The number of hydrogen-bond acceptors (Lipinski definition) is 4. The highest BCUT2D eigenvalue weighted by Crippen LogP contribution is 2.32. The third-order valence-electron chi connectivity index (χ3n) is 4.23. The lowest BCUT2D eigenvalue weighted by molar-refractivity contribution is 0.0255. The van der Waals surface area contributed by atoms with Gasteiger partial charge in [0.25, 0.3) is 0 Å². The number of rotatable bonds is 8. The molecular weight excluding hydrogens is 356 g/mol. The summed E-state index contributed by atoms with van der Waals surface area (Å²) in [5.74, 6) is 0. The Balaban J connectivity index is 2.58. The summed E-state index contributed by atoms with van der Waals surface area (Å²) in [6.07, 6.45) is 1.79. The molecule has 2 rings (SSSR count). The third kappa shape index (κ3) is 4.82. The Bertz CT molecular complexity index is 848. The summed E-state index contributed by atoms with van der Waals surface area (Å²) in [7, 11) is 1.60. The molecule has 1 aromatic carbocycles. The number of aliphatic hydroxyl groups excluding tert-OH is 1. The molecule has 0 spiro atoms. The van der Waals surface area contributed by atoms with Crippen molar-refractivity contribution in [3.05, 3.63) is 60.8 Å². The summed E-state index contributed by atoms with van der Waals surface area (Å²) in [5, 5.41) is 11.6. The SMILES string of the molecule is C=CCN(Cc1c(C(O)C=C)n(COC)c2ccccc12)C(=O)OC(C)(C)C. The van der Waals surface area contributed by atoms with Crippen LogP contribution in [0.25, 0.3) is 10.9 Å². The van der Waals surface area contributed by atoms with E-state index in [2.05, 4.69) is 13.2 Å². The number of carbonyl (C=O) groups excluding carboxylic acids is 1. The van der Waals surface area contributed by atoms with Crippen LogP contribution in [-0.4, -0.2) is 39.9 Å². The van der Waals surface area contributed by atoms with Gasteiger partial charge in [-0.05, 0) is 26.8 Å². The van der Waals surface area contributed by atoms with Crippen LogP contribution in [0, 0.1) is 0 Å². The van der Waals surface area contributed by atoms with Crippen molar-refractivity contribution in [3.8, 4) is 0 Å². The number of ether oxygens (including phenoxy) is 2. The lowest BCUT2D eigenvalue weighted by Crippen LogP contribution is -2.36. The minimum atomic E-state index is -0.901. The van der Waals surface area contributed by atoms with E-state index in [9.17, 15) is 9.90 Å². The molecule has 0 fully saturated rings. The van der Waals surface area contributed by atoms with Crippen LogP contribution in [0.3, 0.4) is 0 Å². The molecule has 6 heteroatoms. The van der Waals surface area contributed by atoms with Crippen LogP contribution in [0.2, 0.25) is 0 Å². The van der Waals surface area contributed by atoms with E-state index >= 15 is 0 Å². The first-order chi connectivity index (χ1) is 13.2. The molecule has 0 aliphatic carbocycles. The number of nitrogens with zero attached hydrogens (tertiary/aromatic N) is 2. The number of fused-ring (bicyclic) bond motifs is 1. The van der Waals surface area contributed by atoms with Crippen molar-refractivity contribution in [1.29, 1.82) is 0 Å². The average molecular weight is 386 g/mol. The van der Waals surface area contributed by atoms with Crippen molar-refractivity contribution < 1.29 is 19.4 Å². The molecular formula is C22H30N2O4. The van der Waals surface area contributed by atoms with Gasteiger partial charge in [-0.15, -0.1) is 13.2 Å². The second kappa shape index (κ2) is 9.08. The second-order valence-corrected chi connectivity index (χ2v) is 7.56. The fraction of sp³-hybridized carbons (Fsp3) is 0.409. The molecule has 0 aliphatic rings. The van der Waals surface area contributed by atoms with Crippen LogP contribution < -0.4 is 0 Å². The maximum absolute atomic E-state index is 12.7. The maximum atomic E-state index is 12.7. The maximum Gasteiger partial charge on any atom is 0.410 e. The molecule has 0 aliphatic heterocycles. The largest absolute Gasteiger partial charge is 0.444 e. The molecule has 152 valence electrons. The first kappa shape index (κ1) is 21.7. The Morgan fingerprint density at radius 3 is 2.57 bits per heavy atom. The molecule has 2 aromatic rings. The third-order valence-corrected chi connectivity index (χ3v) is 4.23. The van der Waals surface area contributed by atoms with Gasteiger partial charge < -0.3 is 24.0 Å². The summed E-state index contributed by atoms with van der Waals surface area (Å²) in [6.45, 7) is 13.8. The van der Waals surface area contributed by atoms with Gasteiger partial charge in [0.1, 0.15) is 18.4 Å². The molecule has 0 saturated carbocycles. The van der Waals surface area contributed by atoms with E-state index in [4.69, 9.17) is 9.47 Å². The first-order valence-corrected chi connectivity index (χ1v) is 9.21. The van der Waals surface area contributed by atoms with Crippen LogP contribution in [0.15, 0.2) is 49.6 Å². The fourth-order valence-corrected chi connectivity index (χ4v) is 3.16. The molecule has 1 atom stereocenters. The van der Waals surface area contributed by atoms with E-state index in [0.717, 1.165) is 16.5 Å². The van der Waals surface area contributed by atoms with Gasteiger partial charge in [-0.2, -0.15) is 0 Å². The number of aromatic nitrogens is 1.